The van der Waals surface area contributed by atoms with Gasteiger partial charge in [0.1, 0.15) is 17.5 Å². The molecular formula is C31H26ClF4N3O2. The highest BCUT2D eigenvalue weighted by Gasteiger charge is 2.34. The molecular weight excluding hydrogens is 558 g/mol. The van der Waals surface area contributed by atoms with E-state index in [0.29, 0.717) is 18.4 Å². The summed E-state index contributed by atoms with van der Waals surface area (Å²) in [6, 6.07) is 19.8. The number of nitrogens with zero attached hydrogens (tertiary/aromatic N) is 2. The maximum atomic E-state index is 13.6. The van der Waals surface area contributed by atoms with Gasteiger partial charge in [-0.05, 0) is 65.1 Å². The maximum absolute atomic E-state index is 13.6. The summed E-state index contributed by atoms with van der Waals surface area (Å²) in [5.74, 6) is -1.18. The number of halogens is 5. The summed E-state index contributed by atoms with van der Waals surface area (Å²) in [6.07, 6.45) is -2.46. The molecule has 5 nitrogen and oxygen atoms in total. The summed E-state index contributed by atoms with van der Waals surface area (Å²) in [7, 11) is 0. The Morgan fingerprint density at radius 3 is 2.20 bits per heavy atom. The number of hydrogen-bond donors (Lipinski definition) is 1. The molecule has 1 aromatic heterocycles. The van der Waals surface area contributed by atoms with Crippen molar-refractivity contribution in [2.75, 3.05) is 18.4 Å². The van der Waals surface area contributed by atoms with Crippen molar-refractivity contribution in [2.45, 2.75) is 31.5 Å². The minimum Gasteiger partial charge on any atom is -0.633 e. The van der Waals surface area contributed by atoms with Gasteiger partial charge in [-0.1, -0.05) is 48.0 Å². The number of carbonyl (C=O) groups excluding carboxylic acids is 1. The Morgan fingerprint density at radius 1 is 0.951 bits per heavy atom. The normalized spacial score (nSPS) is 19.1. The van der Waals surface area contributed by atoms with E-state index in [-0.39, 0.29) is 47.8 Å². The Kier molecular flexibility index (Phi) is 8.13. The Morgan fingerprint density at radius 2 is 1.59 bits per heavy atom. The Labute approximate surface area is 239 Å². The van der Waals surface area contributed by atoms with Crippen molar-refractivity contribution in [1.29, 1.82) is 0 Å². The largest absolute Gasteiger partial charge is 0.633 e. The van der Waals surface area contributed by atoms with Crippen molar-refractivity contribution in [2.24, 2.45) is 0 Å². The van der Waals surface area contributed by atoms with Gasteiger partial charge in [0.05, 0.1) is 18.7 Å². The molecule has 2 heterocycles. The number of piperidine rings is 1. The number of hydrogen-bond acceptors (Lipinski definition) is 3. The first-order valence-corrected chi connectivity index (χ1v) is 13.4. The third-order valence-electron chi connectivity index (χ3n) is 7.43. The van der Waals surface area contributed by atoms with E-state index in [0.717, 1.165) is 28.8 Å². The van der Waals surface area contributed by atoms with Crippen LogP contribution in [0.5, 0.6) is 0 Å². The van der Waals surface area contributed by atoms with Gasteiger partial charge in [0.2, 0.25) is 0 Å². The third kappa shape index (κ3) is 6.93. The Balaban J connectivity index is 1.30. The average molecular weight is 584 g/mol. The molecule has 1 aliphatic heterocycles. The number of hydroxylamine groups is 3. The van der Waals surface area contributed by atoms with Gasteiger partial charge < -0.3 is 15.2 Å². The van der Waals surface area contributed by atoms with Crippen LogP contribution in [0.3, 0.4) is 0 Å². The molecule has 1 fully saturated rings. The van der Waals surface area contributed by atoms with Crippen LogP contribution in [0.2, 0.25) is 5.15 Å². The number of carbonyl (C=O) groups is 1. The van der Waals surface area contributed by atoms with E-state index in [2.05, 4.69) is 10.3 Å². The first-order valence-electron chi connectivity index (χ1n) is 13.1. The minimum absolute atomic E-state index is 0.118. The molecule has 1 aliphatic rings. The summed E-state index contributed by atoms with van der Waals surface area (Å²) in [4.78, 5) is 16.7. The van der Waals surface area contributed by atoms with Crippen LogP contribution in [-0.4, -0.2) is 28.6 Å². The lowest BCUT2D eigenvalue weighted by atomic mass is 9.86. The van der Waals surface area contributed by atoms with Crippen LogP contribution in [0.15, 0.2) is 85.1 Å². The summed E-state index contributed by atoms with van der Waals surface area (Å²) in [5, 5.41) is 16.4. The van der Waals surface area contributed by atoms with Gasteiger partial charge in [-0.2, -0.15) is 13.2 Å². The Hall–Kier alpha value is -3.79. The van der Waals surface area contributed by atoms with Crippen LogP contribution in [0.4, 0.5) is 23.2 Å². The SMILES string of the molecule is O=C(Nc1ccc(C(F)(F)F)cc1C1CC[N+]([O-])(Cc2ccc(-c3ccc(F)cc3)cc2)CC1)c1ccnc(Cl)c1. The molecule has 0 spiro atoms. The quantitative estimate of drug-likeness (QED) is 0.108. The average Bonchev–Trinajstić information content (AvgIpc) is 2.94. The van der Waals surface area contributed by atoms with Gasteiger partial charge in [0.25, 0.3) is 5.91 Å². The lowest BCUT2D eigenvalue weighted by molar-refractivity contribution is -0.899. The first-order chi connectivity index (χ1) is 19.5. The van der Waals surface area contributed by atoms with E-state index in [9.17, 15) is 27.6 Å². The number of likely N-dealkylation sites (tertiary alicyclic amines) is 1. The molecule has 0 radical (unpaired) electrons. The van der Waals surface area contributed by atoms with E-state index in [1.54, 1.807) is 12.1 Å². The maximum Gasteiger partial charge on any atom is 0.416 e. The lowest BCUT2D eigenvalue weighted by Crippen LogP contribution is -2.47. The fourth-order valence-corrected chi connectivity index (χ4v) is 5.39. The summed E-state index contributed by atoms with van der Waals surface area (Å²) >= 11 is 5.88. The number of anilines is 1. The fraction of sp³-hybridized carbons (Fsp3) is 0.226. The van der Waals surface area contributed by atoms with Crippen LogP contribution in [0.25, 0.3) is 11.1 Å². The molecule has 10 heteroatoms. The first kappa shape index (κ1) is 28.7. The van der Waals surface area contributed by atoms with Gasteiger partial charge in [0.15, 0.2) is 0 Å². The van der Waals surface area contributed by atoms with Crippen LogP contribution in [-0.2, 0) is 12.7 Å². The molecule has 0 unspecified atom stereocenters. The molecule has 41 heavy (non-hydrogen) atoms. The van der Waals surface area contributed by atoms with Crippen molar-refractivity contribution in [3.8, 4) is 11.1 Å². The van der Waals surface area contributed by atoms with Crippen molar-refractivity contribution >= 4 is 23.2 Å². The molecule has 0 saturated carbocycles. The number of benzene rings is 3. The molecule has 1 saturated heterocycles. The molecule has 3 aromatic carbocycles. The molecule has 4 aromatic rings. The zero-order chi connectivity index (χ0) is 29.2. The van der Waals surface area contributed by atoms with Gasteiger partial charge in [-0.25, -0.2) is 9.37 Å². The monoisotopic (exact) mass is 583 g/mol. The minimum atomic E-state index is -4.55. The van der Waals surface area contributed by atoms with E-state index < -0.39 is 22.3 Å². The number of alkyl halides is 3. The van der Waals surface area contributed by atoms with Crippen LogP contribution < -0.4 is 5.32 Å². The van der Waals surface area contributed by atoms with Crippen molar-refractivity contribution in [3.05, 3.63) is 123 Å². The standard InChI is InChI=1S/C31H26ClF4N3O2/c32-29-17-24(11-14-37-29)30(40)38-28-10-7-25(31(34,35)36)18-27(28)23-12-15-39(41,16-13-23)19-20-1-3-21(4-2-20)22-5-8-26(33)9-6-22/h1-11,14,17-18,23H,12-13,15-16,19H2,(H,38,40). The van der Waals surface area contributed by atoms with Gasteiger partial charge in [-0.3, -0.25) is 4.79 Å². The van der Waals surface area contributed by atoms with Crippen LogP contribution in [0, 0.1) is 11.0 Å². The third-order valence-corrected chi connectivity index (χ3v) is 7.63. The second kappa shape index (κ2) is 11.6. The summed E-state index contributed by atoms with van der Waals surface area (Å²) < 4.78 is 53.5. The van der Waals surface area contributed by atoms with E-state index in [1.807, 2.05) is 24.3 Å². The van der Waals surface area contributed by atoms with E-state index in [1.165, 1.54) is 36.5 Å². The van der Waals surface area contributed by atoms with Crippen molar-refractivity contribution < 1.29 is 27.0 Å². The smallest absolute Gasteiger partial charge is 0.416 e. The number of amides is 1. The fourth-order valence-electron chi connectivity index (χ4n) is 5.21. The van der Waals surface area contributed by atoms with Gasteiger partial charge >= 0.3 is 6.18 Å². The predicted octanol–water partition coefficient (Wildman–Crippen LogP) is 8.20. The highest BCUT2D eigenvalue weighted by atomic mass is 35.5. The highest BCUT2D eigenvalue weighted by molar-refractivity contribution is 6.29. The van der Waals surface area contributed by atoms with Crippen molar-refractivity contribution in [3.63, 3.8) is 0 Å². The van der Waals surface area contributed by atoms with Gasteiger partial charge in [0, 0.05) is 35.9 Å². The van der Waals surface area contributed by atoms with E-state index in [4.69, 9.17) is 11.6 Å². The van der Waals surface area contributed by atoms with Gasteiger partial charge in [-0.15, -0.1) is 0 Å². The molecule has 5 rings (SSSR count). The molecule has 0 atom stereocenters. The number of quaternary nitrogens is 1. The number of pyridine rings is 1. The summed E-state index contributed by atoms with van der Waals surface area (Å²) in [5.41, 5.74) is 2.63. The zero-order valence-electron chi connectivity index (χ0n) is 21.8. The molecule has 0 bridgehead atoms. The number of rotatable bonds is 6. The Bertz CT molecular complexity index is 1530. The second-order valence-electron chi connectivity index (χ2n) is 10.3. The van der Waals surface area contributed by atoms with Crippen LogP contribution in [0.1, 0.15) is 45.8 Å². The zero-order valence-corrected chi connectivity index (χ0v) is 22.6. The second-order valence-corrected chi connectivity index (χ2v) is 10.6. The van der Waals surface area contributed by atoms with Crippen LogP contribution >= 0.6 is 11.6 Å². The van der Waals surface area contributed by atoms with Crippen molar-refractivity contribution in [1.82, 2.24) is 4.98 Å². The highest BCUT2D eigenvalue weighted by Crippen LogP contribution is 2.40. The molecule has 0 aliphatic carbocycles. The molecule has 1 N–H and O–H groups in total. The number of aromatic nitrogens is 1. The topological polar surface area (TPSA) is 65.0 Å². The lowest BCUT2D eigenvalue weighted by Gasteiger charge is -2.47. The summed E-state index contributed by atoms with van der Waals surface area (Å²) in [6.45, 7) is 0.660. The van der Waals surface area contributed by atoms with E-state index >= 15 is 0 Å². The number of nitrogens with one attached hydrogen (secondary N) is 1. The predicted molar refractivity (Wildman–Crippen MR) is 150 cm³/mol. The molecule has 1 amide bonds. The molecule has 212 valence electrons.